The van der Waals surface area contributed by atoms with E-state index in [1.165, 1.54) is 26.2 Å². The molecule has 0 aliphatic rings. The first-order valence-corrected chi connectivity index (χ1v) is 5.83. The summed E-state index contributed by atoms with van der Waals surface area (Å²) in [5.41, 5.74) is 5.52. The Morgan fingerprint density at radius 2 is 2.00 bits per heavy atom. The van der Waals surface area contributed by atoms with Crippen LogP contribution in [0.15, 0.2) is 17.2 Å². The number of amides is 1. The van der Waals surface area contributed by atoms with E-state index in [1.54, 1.807) is 0 Å². The summed E-state index contributed by atoms with van der Waals surface area (Å²) in [4.78, 5) is 15.0. The summed E-state index contributed by atoms with van der Waals surface area (Å²) < 4.78 is 25.0. The van der Waals surface area contributed by atoms with Crippen molar-refractivity contribution in [3.05, 3.63) is 17.8 Å². The number of hydrogen-bond acceptors (Lipinski definition) is 5. The van der Waals surface area contributed by atoms with Gasteiger partial charge in [-0.05, 0) is 19.2 Å². The van der Waals surface area contributed by atoms with Crippen molar-refractivity contribution >= 4 is 21.6 Å². The molecule has 1 rings (SSSR count). The van der Waals surface area contributed by atoms with Crippen LogP contribution in [0.3, 0.4) is 0 Å². The molecule has 0 aliphatic carbocycles. The van der Waals surface area contributed by atoms with Crippen LogP contribution in [0, 0.1) is 0 Å². The largest absolute Gasteiger partial charge is 0.397 e. The van der Waals surface area contributed by atoms with Crippen molar-refractivity contribution in [1.29, 1.82) is 0 Å². The molecule has 0 radical (unpaired) electrons. The van der Waals surface area contributed by atoms with Gasteiger partial charge in [-0.1, -0.05) is 0 Å². The number of anilines is 1. The van der Waals surface area contributed by atoms with E-state index in [-0.39, 0.29) is 16.4 Å². The summed E-state index contributed by atoms with van der Waals surface area (Å²) in [6.45, 7) is 0. The SMILES string of the molecule is CNC(=O)c1nc(S(=O)(=O)NC)ccc1N. The molecule has 0 atom stereocenters. The maximum Gasteiger partial charge on any atom is 0.271 e. The van der Waals surface area contributed by atoms with Crippen LogP contribution in [0.1, 0.15) is 10.5 Å². The van der Waals surface area contributed by atoms with Crippen molar-refractivity contribution in [3.8, 4) is 0 Å². The first-order chi connectivity index (χ1) is 7.42. The van der Waals surface area contributed by atoms with E-state index in [0.717, 1.165) is 0 Å². The minimum Gasteiger partial charge on any atom is -0.397 e. The fourth-order valence-corrected chi connectivity index (χ4v) is 1.67. The lowest BCUT2D eigenvalue weighted by atomic mass is 10.3. The van der Waals surface area contributed by atoms with Crippen LogP contribution in [-0.2, 0) is 10.0 Å². The Hall–Kier alpha value is -1.67. The topological polar surface area (TPSA) is 114 Å². The molecule has 1 heterocycles. The highest BCUT2D eigenvalue weighted by Gasteiger charge is 2.17. The fourth-order valence-electron chi connectivity index (χ4n) is 1.01. The second kappa shape index (κ2) is 4.45. The molecule has 7 nitrogen and oxygen atoms in total. The maximum atomic E-state index is 11.4. The first kappa shape index (κ1) is 12.4. The third-order valence-corrected chi connectivity index (χ3v) is 3.20. The highest BCUT2D eigenvalue weighted by Crippen LogP contribution is 2.13. The molecule has 1 aromatic rings. The lowest BCUT2D eigenvalue weighted by Crippen LogP contribution is -2.24. The number of pyridine rings is 1. The zero-order chi connectivity index (χ0) is 12.3. The van der Waals surface area contributed by atoms with Gasteiger partial charge < -0.3 is 11.1 Å². The van der Waals surface area contributed by atoms with E-state index in [1.807, 2.05) is 0 Å². The number of carbonyl (C=O) groups is 1. The number of rotatable bonds is 3. The Morgan fingerprint density at radius 3 is 2.50 bits per heavy atom. The molecule has 0 aliphatic heterocycles. The molecular formula is C8H12N4O3S. The number of aromatic nitrogens is 1. The van der Waals surface area contributed by atoms with E-state index in [9.17, 15) is 13.2 Å². The fraction of sp³-hybridized carbons (Fsp3) is 0.250. The number of nitrogens with zero attached hydrogens (tertiary/aromatic N) is 1. The van der Waals surface area contributed by atoms with Crippen LogP contribution in [-0.4, -0.2) is 33.4 Å². The van der Waals surface area contributed by atoms with E-state index < -0.39 is 15.9 Å². The molecule has 0 aromatic carbocycles. The number of sulfonamides is 1. The molecule has 4 N–H and O–H groups in total. The monoisotopic (exact) mass is 244 g/mol. The molecule has 16 heavy (non-hydrogen) atoms. The molecule has 8 heteroatoms. The second-order valence-electron chi connectivity index (χ2n) is 2.87. The maximum absolute atomic E-state index is 11.4. The van der Waals surface area contributed by atoms with Gasteiger partial charge >= 0.3 is 0 Å². The minimum absolute atomic E-state index is 0.112. The van der Waals surface area contributed by atoms with Gasteiger partial charge in [0.05, 0.1) is 5.69 Å². The molecule has 88 valence electrons. The lowest BCUT2D eigenvalue weighted by molar-refractivity contribution is 0.0958. The predicted octanol–water partition coefficient (Wildman–Crippen LogP) is -1.07. The number of nitrogens with one attached hydrogen (secondary N) is 2. The van der Waals surface area contributed by atoms with Crippen LogP contribution >= 0.6 is 0 Å². The van der Waals surface area contributed by atoms with Crippen molar-refractivity contribution in [2.45, 2.75) is 5.03 Å². The van der Waals surface area contributed by atoms with Gasteiger partial charge in [0.1, 0.15) is 0 Å². The predicted molar refractivity (Wildman–Crippen MR) is 58.3 cm³/mol. The van der Waals surface area contributed by atoms with Gasteiger partial charge in [0.2, 0.25) is 0 Å². The summed E-state index contributed by atoms with van der Waals surface area (Å²) in [6.07, 6.45) is 0. The Kier molecular flexibility index (Phi) is 3.45. The molecule has 1 amide bonds. The van der Waals surface area contributed by atoms with Crippen molar-refractivity contribution < 1.29 is 13.2 Å². The third-order valence-electron chi connectivity index (χ3n) is 1.89. The Bertz CT molecular complexity index is 512. The molecule has 0 fully saturated rings. The van der Waals surface area contributed by atoms with Crippen LogP contribution in [0.4, 0.5) is 5.69 Å². The Labute approximate surface area is 93.1 Å². The molecule has 1 aromatic heterocycles. The zero-order valence-corrected chi connectivity index (χ0v) is 9.63. The molecule has 0 saturated carbocycles. The lowest BCUT2D eigenvalue weighted by Gasteiger charge is -2.06. The first-order valence-electron chi connectivity index (χ1n) is 4.34. The summed E-state index contributed by atoms with van der Waals surface area (Å²) in [5, 5.41) is 2.07. The highest BCUT2D eigenvalue weighted by molar-refractivity contribution is 7.89. The summed E-state index contributed by atoms with van der Waals surface area (Å²) >= 11 is 0. The number of hydrogen-bond donors (Lipinski definition) is 3. The number of nitrogen functional groups attached to an aromatic ring is 1. The Morgan fingerprint density at radius 1 is 1.38 bits per heavy atom. The average Bonchev–Trinajstić information content (AvgIpc) is 2.28. The van der Waals surface area contributed by atoms with Crippen molar-refractivity contribution in [2.75, 3.05) is 19.8 Å². The van der Waals surface area contributed by atoms with E-state index >= 15 is 0 Å². The van der Waals surface area contributed by atoms with Gasteiger partial charge in [0.15, 0.2) is 10.7 Å². The molecule has 0 spiro atoms. The van der Waals surface area contributed by atoms with E-state index in [2.05, 4.69) is 15.0 Å². The van der Waals surface area contributed by atoms with Crippen LogP contribution in [0.5, 0.6) is 0 Å². The van der Waals surface area contributed by atoms with Gasteiger partial charge in [-0.25, -0.2) is 18.1 Å². The third kappa shape index (κ3) is 2.28. The van der Waals surface area contributed by atoms with Crippen LogP contribution < -0.4 is 15.8 Å². The smallest absolute Gasteiger partial charge is 0.271 e. The molecule has 0 unspecified atom stereocenters. The number of nitrogens with two attached hydrogens (primary N) is 1. The average molecular weight is 244 g/mol. The van der Waals surface area contributed by atoms with Gasteiger partial charge in [0, 0.05) is 7.05 Å². The minimum atomic E-state index is -3.68. The molecular weight excluding hydrogens is 232 g/mol. The number of carbonyl (C=O) groups excluding carboxylic acids is 1. The van der Waals surface area contributed by atoms with E-state index in [4.69, 9.17) is 5.73 Å². The summed E-state index contributed by atoms with van der Waals surface area (Å²) in [5.74, 6) is -0.536. The van der Waals surface area contributed by atoms with Crippen LogP contribution in [0.2, 0.25) is 0 Å². The molecule has 0 bridgehead atoms. The van der Waals surface area contributed by atoms with Gasteiger partial charge in [-0.2, -0.15) is 0 Å². The highest BCUT2D eigenvalue weighted by atomic mass is 32.2. The second-order valence-corrected chi connectivity index (χ2v) is 4.71. The standard InChI is InChI=1S/C8H12N4O3S/c1-10-8(13)7-5(9)3-4-6(12-7)16(14,15)11-2/h3-4,11H,9H2,1-2H3,(H,10,13). The normalized spacial score (nSPS) is 11.1. The zero-order valence-electron chi connectivity index (χ0n) is 8.81. The van der Waals surface area contributed by atoms with E-state index in [0.29, 0.717) is 0 Å². The molecule has 0 saturated heterocycles. The van der Waals surface area contributed by atoms with Gasteiger partial charge in [-0.3, -0.25) is 4.79 Å². The van der Waals surface area contributed by atoms with Gasteiger partial charge in [-0.15, -0.1) is 0 Å². The summed E-state index contributed by atoms with van der Waals surface area (Å²) in [7, 11) is -1.01. The van der Waals surface area contributed by atoms with Crippen molar-refractivity contribution in [1.82, 2.24) is 15.0 Å². The van der Waals surface area contributed by atoms with Crippen molar-refractivity contribution in [2.24, 2.45) is 0 Å². The summed E-state index contributed by atoms with van der Waals surface area (Å²) in [6, 6.07) is 2.55. The van der Waals surface area contributed by atoms with Crippen LogP contribution in [0.25, 0.3) is 0 Å². The van der Waals surface area contributed by atoms with Gasteiger partial charge in [0.25, 0.3) is 15.9 Å². The quantitative estimate of drug-likeness (QED) is 0.626. The van der Waals surface area contributed by atoms with Crippen molar-refractivity contribution in [3.63, 3.8) is 0 Å². The Balaban J connectivity index is 3.34.